The van der Waals surface area contributed by atoms with Crippen LogP contribution in [0.2, 0.25) is 0 Å². The molecule has 0 unspecified atom stereocenters. The van der Waals surface area contributed by atoms with E-state index in [2.05, 4.69) is 5.32 Å². The highest BCUT2D eigenvalue weighted by Crippen LogP contribution is 2.23. The van der Waals surface area contributed by atoms with Crippen LogP contribution in [0.1, 0.15) is 44.1 Å². The summed E-state index contributed by atoms with van der Waals surface area (Å²) in [5.74, 6) is -0.211. The monoisotopic (exact) mass is 236 g/mol. The lowest BCUT2D eigenvalue weighted by atomic mass is 10.1. The van der Waals surface area contributed by atoms with Crippen molar-refractivity contribution in [3.63, 3.8) is 0 Å². The Morgan fingerprint density at radius 3 is 2.53 bits per heavy atom. The first-order valence-electron chi connectivity index (χ1n) is 6.54. The lowest BCUT2D eigenvalue weighted by Crippen LogP contribution is -2.19. The van der Waals surface area contributed by atoms with Crippen molar-refractivity contribution in [2.24, 2.45) is 5.73 Å². The second kappa shape index (κ2) is 6.01. The van der Waals surface area contributed by atoms with Crippen LogP contribution >= 0.6 is 0 Å². The lowest BCUT2D eigenvalue weighted by Gasteiger charge is -2.19. The summed E-state index contributed by atoms with van der Waals surface area (Å²) in [6, 6.07) is 5.35. The second-order valence-electron chi connectivity index (χ2n) is 4.84. The predicted molar refractivity (Wildman–Crippen MR) is 69.4 cm³/mol. The summed E-state index contributed by atoms with van der Waals surface area (Å²) in [5, 5.41) is 3.52. The fourth-order valence-electron chi connectivity index (χ4n) is 2.52. The topological polar surface area (TPSA) is 38.0 Å². The minimum absolute atomic E-state index is 0.211. The second-order valence-corrected chi connectivity index (χ2v) is 4.84. The molecule has 1 saturated carbocycles. The van der Waals surface area contributed by atoms with Gasteiger partial charge >= 0.3 is 0 Å². The fraction of sp³-hybridized carbons (Fsp3) is 0.571. The Morgan fingerprint density at radius 2 is 1.88 bits per heavy atom. The molecule has 3 heteroatoms. The van der Waals surface area contributed by atoms with Crippen molar-refractivity contribution < 1.29 is 4.39 Å². The predicted octanol–water partition coefficient (Wildman–Crippen LogP) is 3.42. The average Bonchev–Trinajstić information content (AvgIpc) is 2.60. The van der Waals surface area contributed by atoms with E-state index in [0.717, 1.165) is 11.3 Å². The number of rotatable bonds is 3. The van der Waals surface area contributed by atoms with Crippen molar-refractivity contribution in [2.75, 3.05) is 5.32 Å². The zero-order chi connectivity index (χ0) is 12.1. The van der Waals surface area contributed by atoms with Gasteiger partial charge in [0.05, 0.1) is 0 Å². The van der Waals surface area contributed by atoms with E-state index in [9.17, 15) is 4.39 Å². The number of anilines is 1. The van der Waals surface area contributed by atoms with Crippen LogP contribution in [-0.4, -0.2) is 6.04 Å². The molecule has 1 fully saturated rings. The smallest absolute Gasteiger partial charge is 0.123 e. The molecule has 1 aliphatic carbocycles. The maximum Gasteiger partial charge on any atom is 0.123 e. The van der Waals surface area contributed by atoms with Gasteiger partial charge in [0.25, 0.3) is 0 Å². The van der Waals surface area contributed by atoms with E-state index < -0.39 is 0 Å². The van der Waals surface area contributed by atoms with E-state index in [-0.39, 0.29) is 5.82 Å². The maximum absolute atomic E-state index is 13.1. The molecule has 2 nitrogen and oxygen atoms in total. The molecule has 0 atom stereocenters. The van der Waals surface area contributed by atoms with Gasteiger partial charge in [-0.2, -0.15) is 0 Å². The Morgan fingerprint density at radius 1 is 1.18 bits per heavy atom. The molecule has 0 saturated heterocycles. The van der Waals surface area contributed by atoms with Crippen LogP contribution in [0, 0.1) is 5.82 Å². The van der Waals surface area contributed by atoms with Gasteiger partial charge < -0.3 is 11.1 Å². The van der Waals surface area contributed by atoms with Gasteiger partial charge in [-0.15, -0.1) is 0 Å². The first-order chi connectivity index (χ1) is 8.29. The summed E-state index contributed by atoms with van der Waals surface area (Å²) in [6.07, 6.45) is 7.67. The molecule has 1 aromatic rings. The molecule has 0 bridgehead atoms. The Labute approximate surface area is 102 Å². The Balaban J connectivity index is 2.06. The summed E-state index contributed by atoms with van der Waals surface area (Å²) in [4.78, 5) is 0. The van der Waals surface area contributed by atoms with Crippen LogP contribution in [0.4, 0.5) is 10.1 Å². The van der Waals surface area contributed by atoms with Crippen LogP contribution in [0.15, 0.2) is 18.2 Å². The summed E-state index contributed by atoms with van der Waals surface area (Å²) in [6.45, 7) is 0.382. The Hall–Kier alpha value is -1.09. The number of nitrogens with two attached hydrogens (primary N) is 1. The summed E-state index contributed by atoms with van der Waals surface area (Å²) in [5.41, 5.74) is 7.52. The van der Waals surface area contributed by atoms with Crippen molar-refractivity contribution in [3.05, 3.63) is 29.6 Å². The molecule has 0 aliphatic heterocycles. The standard InChI is InChI=1S/C14H21FN2/c15-12-7-8-14(11(9-12)10-16)17-13-5-3-1-2-4-6-13/h7-9,13,17H,1-6,10,16H2. The molecule has 0 spiro atoms. The van der Waals surface area contributed by atoms with Crippen molar-refractivity contribution in [1.29, 1.82) is 0 Å². The molecular weight excluding hydrogens is 215 g/mol. The van der Waals surface area contributed by atoms with E-state index >= 15 is 0 Å². The first-order valence-corrected chi connectivity index (χ1v) is 6.54. The van der Waals surface area contributed by atoms with Gasteiger partial charge in [-0.1, -0.05) is 25.7 Å². The molecule has 17 heavy (non-hydrogen) atoms. The van der Waals surface area contributed by atoms with Gasteiger partial charge in [0, 0.05) is 18.3 Å². The van der Waals surface area contributed by atoms with Crippen LogP contribution in [0.5, 0.6) is 0 Å². The first kappa shape index (κ1) is 12.4. The number of halogens is 1. The normalized spacial score (nSPS) is 17.8. The highest BCUT2D eigenvalue weighted by atomic mass is 19.1. The van der Waals surface area contributed by atoms with E-state index in [1.54, 1.807) is 0 Å². The quantitative estimate of drug-likeness (QED) is 0.789. The zero-order valence-electron chi connectivity index (χ0n) is 10.2. The maximum atomic E-state index is 13.1. The molecule has 1 aliphatic rings. The minimum atomic E-state index is -0.211. The Kier molecular flexibility index (Phi) is 4.37. The van der Waals surface area contributed by atoms with Gasteiger partial charge in [0.2, 0.25) is 0 Å². The number of benzene rings is 1. The third-order valence-corrected chi connectivity index (χ3v) is 3.50. The van der Waals surface area contributed by atoms with Crippen molar-refractivity contribution >= 4 is 5.69 Å². The van der Waals surface area contributed by atoms with Crippen LogP contribution in [0.25, 0.3) is 0 Å². The van der Waals surface area contributed by atoms with Crippen molar-refractivity contribution in [2.45, 2.75) is 51.1 Å². The van der Waals surface area contributed by atoms with Gasteiger partial charge in [0.1, 0.15) is 5.82 Å². The SMILES string of the molecule is NCc1cc(F)ccc1NC1CCCCCC1. The van der Waals surface area contributed by atoms with Gasteiger partial charge in [0.15, 0.2) is 0 Å². The largest absolute Gasteiger partial charge is 0.382 e. The van der Waals surface area contributed by atoms with Gasteiger partial charge in [-0.05, 0) is 36.6 Å². The lowest BCUT2D eigenvalue weighted by molar-refractivity contribution is 0.614. The van der Waals surface area contributed by atoms with Gasteiger partial charge in [-0.3, -0.25) is 0 Å². The molecule has 0 amide bonds. The van der Waals surface area contributed by atoms with Gasteiger partial charge in [-0.25, -0.2) is 4.39 Å². The summed E-state index contributed by atoms with van der Waals surface area (Å²) >= 11 is 0. The van der Waals surface area contributed by atoms with E-state index in [1.807, 2.05) is 6.07 Å². The van der Waals surface area contributed by atoms with Crippen molar-refractivity contribution in [3.8, 4) is 0 Å². The number of hydrogen-bond acceptors (Lipinski definition) is 2. The van der Waals surface area contributed by atoms with Crippen LogP contribution in [0.3, 0.4) is 0 Å². The molecule has 1 aromatic carbocycles. The van der Waals surface area contributed by atoms with Crippen molar-refractivity contribution in [1.82, 2.24) is 0 Å². The highest BCUT2D eigenvalue weighted by molar-refractivity contribution is 5.52. The molecular formula is C14H21FN2. The average molecular weight is 236 g/mol. The molecule has 2 rings (SSSR count). The molecule has 0 radical (unpaired) electrons. The van der Waals surface area contributed by atoms with E-state index in [1.165, 1.54) is 50.7 Å². The van der Waals surface area contributed by atoms with E-state index in [4.69, 9.17) is 5.73 Å². The van der Waals surface area contributed by atoms with Crippen LogP contribution in [-0.2, 0) is 6.54 Å². The third-order valence-electron chi connectivity index (χ3n) is 3.50. The van der Waals surface area contributed by atoms with Crippen LogP contribution < -0.4 is 11.1 Å². The fourth-order valence-corrected chi connectivity index (χ4v) is 2.52. The molecule has 0 aromatic heterocycles. The molecule has 94 valence electrons. The minimum Gasteiger partial charge on any atom is -0.382 e. The third kappa shape index (κ3) is 3.43. The number of hydrogen-bond donors (Lipinski definition) is 2. The number of nitrogens with one attached hydrogen (secondary N) is 1. The molecule has 3 N–H and O–H groups in total. The summed E-state index contributed by atoms with van der Waals surface area (Å²) in [7, 11) is 0. The summed E-state index contributed by atoms with van der Waals surface area (Å²) < 4.78 is 13.1. The Bertz CT molecular complexity index is 357. The zero-order valence-corrected chi connectivity index (χ0v) is 10.2. The molecule has 0 heterocycles. The van der Waals surface area contributed by atoms with E-state index in [0.29, 0.717) is 12.6 Å². The highest BCUT2D eigenvalue weighted by Gasteiger charge is 2.13.